The van der Waals surface area contributed by atoms with E-state index in [4.69, 9.17) is 46.4 Å². The Morgan fingerprint density at radius 3 is 2.31 bits per heavy atom. The van der Waals surface area contributed by atoms with Crippen molar-refractivity contribution in [2.75, 3.05) is 0 Å². The molecular formula is C17H8Cl4N4S. The summed E-state index contributed by atoms with van der Waals surface area (Å²) >= 11 is 25.7. The van der Waals surface area contributed by atoms with Crippen LogP contribution in [0.4, 0.5) is 0 Å². The van der Waals surface area contributed by atoms with Gasteiger partial charge in [0.1, 0.15) is 5.01 Å². The van der Waals surface area contributed by atoms with Gasteiger partial charge in [0.15, 0.2) is 5.82 Å². The molecule has 130 valence electrons. The van der Waals surface area contributed by atoms with Gasteiger partial charge in [-0.25, -0.2) is 0 Å². The molecule has 26 heavy (non-hydrogen) atoms. The lowest BCUT2D eigenvalue weighted by Gasteiger charge is -2.00. The average Bonchev–Trinajstić information content (AvgIpc) is 3.15. The van der Waals surface area contributed by atoms with E-state index in [1.807, 2.05) is 18.2 Å². The van der Waals surface area contributed by atoms with Gasteiger partial charge in [0.2, 0.25) is 4.96 Å². The summed E-state index contributed by atoms with van der Waals surface area (Å²) in [6.07, 6.45) is 3.74. The van der Waals surface area contributed by atoms with E-state index >= 15 is 0 Å². The first kappa shape index (κ1) is 17.8. The molecule has 0 aliphatic heterocycles. The quantitative estimate of drug-likeness (QED) is 0.358. The second kappa shape index (κ2) is 7.18. The summed E-state index contributed by atoms with van der Waals surface area (Å²) in [6, 6.07) is 10.5. The first-order valence-electron chi connectivity index (χ1n) is 7.32. The second-order valence-electron chi connectivity index (χ2n) is 5.28. The molecule has 4 nitrogen and oxygen atoms in total. The average molecular weight is 442 g/mol. The van der Waals surface area contributed by atoms with Crippen molar-refractivity contribution in [2.24, 2.45) is 0 Å². The van der Waals surface area contributed by atoms with Crippen molar-refractivity contribution in [3.05, 3.63) is 67.1 Å². The molecule has 0 saturated carbocycles. The van der Waals surface area contributed by atoms with Crippen molar-refractivity contribution in [1.29, 1.82) is 0 Å². The summed E-state index contributed by atoms with van der Waals surface area (Å²) in [4.78, 5) is 0.660. The number of nitrogens with zero attached hydrogens (tertiary/aromatic N) is 4. The molecule has 2 aromatic heterocycles. The Bertz CT molecular complexity index is 1150. The SMILES string of the molecule is Clc1ccc(C=Cc2nn3c(-c4ccc(Cl)cc4Cl)nnc3s2)c(Cl)c1. The Balaban J connectivity index is 1.71. The van der Waals surface area contributed by atoms with Crippen LogP contribution in [-0.2, 0) is 0 Å². The molecule has 2 aromatic carbocycles. The van der Waals surface area contributed by atoms with Crippen LogP contribution in [0.3, 0.4) is 0 Å². The van der Waals surface area contributed by atoms with Crippen LogP contribution < -0.4 is 0 Å². The number of fused-ring (bicyclic) bond motifs is 1. The molecule has 0 N–H and O–H groups in total. The van der Waals surface area contributed by atoms with Gasteiger partial charge >= 0.3 is 0 Å². The van der Waals surface area contributed by atoms with Crippen molar-refractivity contribution >= 4 is 74.9 Å². The Morgan fingerprint density at radius 1 is 0.846 bits per heavy atom. The third-order valence-corrected chi connectivity index (χ3v) is 5.52. The summed E-state index contributed by atoms with van der Waals surface area (Å²) < 4.78 is 1.66. The maximum Gasteiger partial charge on any atom is 0.235 e. The highest BCUT2D eigenvalue weighted by atomic mass is 35.5. The van der Waals surface area contributed by atoms with Gasteiger partial charge in [-0.15, -0.1) is 10.2 Å². The highest BCUT2D eigenvalue weighted by molar-refractivity contribution is 7.17. The summed E-state index contributed by atoms with van der Waals surface area (Å²) in [5.74, 6) is 0.557. The maximum absolute atomic E-state index is 6.27. The number of aromatic nitrogens is 4. The van der Waals surface area contributed by atoms with Gasteiger partial charge < -0.3 is 0 Å². The Labute approximate surface area is 172 Å². The van der Waals surface area contributed by atoms with Gasteiger partial charge in [0.25, 0.3) is 0 Å². The summed E-state index contributed by atoms with van der Waals surface area (Å²) in [5.41, 5.74) is 1.56. The molecule has 0 aliphatic carbocycles. The molecule has 9 heteroatoms. The number of rotatable bonds is 3. The van der Waals surface area contributed by atoms with Crippen molar-refractivity contribution in [1.82, 2.24) is 19.8 Å². The molecule has 0 fully saturated rings. The van der Waals surface area contributed by atoms with E-state index < -0.39 is 0 Å². The molecule has 0 unspecified atom stereocenters. The van der Waals surface area contributed by atoms with E-state index in [2.05, 4.69) is 15.3 Å². The predicted octanol–water partition coefficient (Wildman–Crippen LogP) is 6.64. The number of halogens is 4. The Kier molecular flexibility index (Phi) is 4.90. The number of benzene rings is 2. The van der Waals surface area contributed by atoms with Gasteiger partial charge in [-0.3, -0.25) is 0 Å². The van der Waals surface area contributed by atoms with Crippen molar-refractivity contribution in [3.8, 4) is 11.4 Å². The van der Waals surface area contributed by atoms with Crippen molar-refractivity contribution in [3.63, 3.8) is 0 Å². The fraction of sp³-hybridized carbons (Fsp3) is 0. The molecule has 0 saturated heterocycles. The maximum atomic E-state index is 6.27. The molecule has 0 amide bonds. The van der Waals surface area contributed by atoms with E-state index in [1.165, 1.54) is 11.3 Å². The topological polar surface area (TPSA) is 43.1 Å². The lowest BCUT2D eigenvalue weighted by Crippen LogP contribution is -1.91. The van der Waals surface area contributed by atoms with Crippen LogP contribution in [0.2, 0.25) is 20.1 Å². The highest BCUT2D eigenvalue weighted by Crippen LogP contribution is 2.30. The molecule has 4 rings (SSSR count). The lowest BCUT2D eigenvalue weighted by atomic mass is 10.2. The zero-order chi connectivity index (χ0) is 18.3. The first-order chi connectivity index (χ1) is 12.5. The third-order valence-electron chi connectivity index (χ3n) is 3.55. The predicted molar refractivity (Wildman–Crippen MR) is 110 cm³/mol. The molecule has 0 aliphatic rings. The fourth-order valence-corrected chi connectivity index (χ4v) is 4.04. The Morgan fingerprint density at radius 2 is 1.58 bits per heavy atom. The molecular weight excluding hydrogens is 434 g/mol. The van der Waals surface area contributed by atoms with Gasteiger partial charge in [0.05, 0.1) is 5.02 Å². The molecule has 2 heterocycles. The first-order valence-corrected chi connectivity index (χ1v) is 9.65. The Hall–Kier alpha value is -1.63. The normalized spacial score (nSPS) is 11.7. The summed E-state index contributed by atoms with van der Waals surface area (Å²) in [6.45, 7) is 0. The monoisotopic (exact) mass is 440 g/mol. The fourth-order valence-electron chi connectivity index (χ4n) is 2.34. The van der Waals surface area contributed by atoms with Gasteiger partial charge in [-0.1, -0.05) is 69.9 Å². The largest absolute Gasteiger partial charge is 0.235 e. The zero-order valence-electron chi connectivity index (χ0n) is 12.8. The van der Waals surface area contributed by atoms with Crippen LogP contribution in [-0.4, -0.2) is 19.8 Å². The molecule has 0 radical (unpaired) electrons. The smallest absolute Gasteiger partial charge is 0.182 e. The number of hydrogen-bond donors (Lipinski definition) is 0. The van der Waals surface area contributed by atoms with Crippen LogP contribution in [0.5, 0.6) is 0 Å². The molecule has 0 spiro atoms. The standard InChI is InChI=1S/C17H8Cl4N4S/c18-10-3-1-9(13(20)7-10)2-6-15-24-25-16(22-23-17(25)26-15)12-5-4-11(19)8-14(12)21/h1-8H. The van der Waals surface area contributed by atoms with Crippen molar-refractivity contribution in [2.45, 2.75) is 0 Å². The van der Waals surface area contributed by atoms with Crippen LogP contribution >= 0.6 is 57.7 Å². The lowest BCUT2D eigenvalue weighted by molar-refractivity contribution is 0.960. The van der Waals surface area contributed by atoms with Crippen LogP contribution in [0, 0.1) is 0 Å². The molecule has 0 atom stereocenters. The van der Waals surface area contributed by atoms with Crippen LogP contribution in [0.25, 0.3) is 28.5 Å². The molecule has 0 bridgehead atoms. The summed E-state index contributed by atoms with van der Waals surface area (Å²) in [7, 11) is 0. The molecule has 4 aromatic rings. The number of hydrogen-bond acceptors (Lipinski definition) is 4. The third kappa shape index (κ3) is 3.46. The van der Waals surface area contributed by atoms with Crippen molar-refractivity contribution < 1.29 is 0 Å². The highest BCUT2D eigenvalue weighted by Gasteiger charge is 2.15. The van der Waals surface area contributed by atoms with Gasteiger partial charge in [-0.2, -0.15) is 9.61 Å². The minimum atomic E-state index is 0.491. The van der Waals surface area contributed by atoms with E-state index in [0.717, 1.165) is 10.6 Å². The van der Waals surface area contributed by atoms with Gasteiger partial charge in [-0.05, 0) is 42.0 Å². The van der Waals surface area contributed by atoms with Gasteiger partial charge in [0, 0.05) is 20.6 Å². The van der Waals surface area contributed by atoms with Crippen LogP contribution in [0.15, 0.2) is 36.4 Å². The minimum Gasteiger partial charge on any atom is -0.182 e. The summed E-state index contributed by atoms with van der Waals surface area (Å²) in [5, 5.41) is 15.8. The minimum absolute atomic E-state index is 0.491. The van der Waals surface area contributed by atoms with E-state index in [0.29, 0.717) is 36.4 Å². The van der Waals surface area contributed by atoms with Crippen LogP contribution in [0.1, 0.15) is 10.6 Å². The van der Waals surface area contributed by atoms with E-state index in [1.54, 1.807) is 34.8 Å². The van der Waals surface area contributed by atoms with E-state index in [-0.39, 0.29) is 0 Å². The van der Waals surface area contributed by atoms with E-state index in [9.17, 15) is 0 Å². The second-order valence-corrected chi connectivity index (χ2v) is 7.96. The zero-order valence-corrected chi connectivity index (χ0v) is 16.7.